The van der Waals surface area contributed by atoms with Gasteiger partial charge in [-0.25, -0.2) is 8.78 Å². The van der Waals surface area contributed by atoms with Crippen molar-refractivity contribution in [3.8, 4) is 0 Å². The molecular weight excluding hydrogens is 194 g/mol. The van der Waals surface area contributed by atoms with E-state index < -0.39 is 23.6 Å². The highest BCUT2D eigenvalue weighted by atomic mass is 19.3. The number of alkyl halides is 2. The zero-order valence-electron chi connectivity index (χ0n) is 7.30. The minimum absolute atomic E-state index is 0.150. The lowest BCUT2D eigenvalue weighted by Crippen LogP contribution is -2.26. The van der Waals surface area contributed by atoms with Crippen molar-refractivity contribution in [3.05, 3.63) is 33.2 Å². The second-order valence-electron chi connectivity index (χ2n) is 2.78. The molecule has 6 heteroatoms. The van der Waals surface area contributed by atoms with E-state index in [2.05, 4.69) is 0 Å². The van der Waals surface area contributed by atoms with E-state index in [1.807, 2.05) is 4.98 Å². The normalized spacial score (nSPS) is 10.6. The first-order valence-corrected chi connectivity index (χ1v) is 3.75. The molecule has 0 bridgehead atoms. The average molecular weight is 202 g/mol. The molecule has 0 spiro atoms. The fourth-order valence-electron chi connectivity index (χ4n) is 1.14. The van der Waals surface area contributed by atoms with Gasteiger partial charge in [-0.05, 0) is 18.6 Å². The van der Waals surface area contributed by atoms with Crippen LogP contribution in [0.4, 0.5) is 8.78 Å². The third-order valence-electron chi connectivity index (χ3n) is 1.73. The summed E-state index contributed by atoms with van der Waals surface area (Å²) >= 11 is 0. The summed E-state index contributed by atoms with van der Waals surface area (Å²) in [6.45, 7) is 1.38. The van der Waals surface area contributed by atoms with Crippen LogP contribution in [0.1, 0.15) is 28.0 Å². The molecule has 1 amide bonds. The van der Waals surface area contributed by atoms with Gasteiger partial charge in [-0.3, -0.25) is 9.59 Å². The molecule has 1 aromatic rings. The summed E-state index contributed by atoms with van der Waals surface area (Å²) in [4.78, 5) is 23.7. The number of nitrogens with one attached hydrogen (secondary N) is 1. The molecular formula is C8H8F2N2O2. The minimum Gasteiger partial charge on any atom is -0.365 e. The van der Waals surface area contributed by atoms with Crippen molar-refractivity contribution in [3.63, 3.8) is 0 Å². The second kappa shape index (κ2) is 3.57. The molecule has 0 saturated carbocycles. The van der Waals surface area contributed by atoms with E-state index in [0.717, 1.165) is 6.07 Å². The number of rotatable bonds is 2. The van der Waals surface area contributed by atoms with Crippen molar-refractivity contribution >= 4 is 5.91 Å². The van der Waals surface area contributed by atoms with Crippen LogP contribution in [0.2, 0.25) is 0 Å². The number of carbonyl (C=O) groups excluding carboxylic acids is 1. The average Bonchev–Trinajstić information content (AvgIpc) is 2.01. The predicted molar refractivity (Wildman–Crippen MR) is 45.3 cm³/mol. The van der Waals surface area contributed by atoms with E-state index in [1.165, 1.54) is 6.92 Å². The van der Waals surface area contributed by atoms with Crippen LogP contribution >= 0.6 is 0 Å². The van der Waals surface area contributed by atoms with Gasteiger partial charge in [0.05, 0.1) is 5.69 Å². The standard InChI is InChI=1S/C8H8F2N2O2/c1-3-2-4(6(9)10)12-8(14)5(3)7(11)13/h2,6H,1H3,(H2,11,13)(H,12,14). The summed E-state index contributed by atoms with van der Waals surface area (Å²) in [6.07, 6.45) is -2.77. The Balaban J connectivity index is 3.40. The highest BCUT2D eigenvalue weighted by Gasteiger charge is 2.15. The Labute approximate surface area is 77.7 Å². The molecule has 0 aromatic carbocycles. The van der Waals surface area contributed by atoms with Gasteiger partial charge < -0.3 is 10.7 Å². The van der Waals surface area contributed by atoms with Crippen molar-refractivity contribution in [2.75, 3.05) is 0 Å². The molecule has 0 radical (unpaired) electrons. The lowest BCUT2D eigenvalue weighted by molar-refractivity contribution is 0.0997. The molecule has 0 aliphatic heterocycles. The SMILES string of the molecule is Cc1cc(C(F)F)[nH]c(=O)c1C(N)=O. The molecule has 14 heavy (non-hydrogen) atoms. The van der Waals surface area contributed by atoms with E-state index >= 15 is 0 Å². The van der Waals surface area contributed by atoms with E-state index in [-0.39, 0.29) is 11.1 Å². The van der Waals surface area contributed by atoms with Crippen LogP contribution in [0.5, 0.6) is 0 Å². The highest BCUT2D eigenvalue weighted by molar-refractivity contribution is 5.93. The highest BCUT2D eigenvalue weighted by Crippen LogP contribution is 2.16. The quantitative estimate of drug-likeness (QED) is 0.741. The van der Waals surface area contributed by atoms with Crippen LogP contribution < -0.4 is 11.3 Å². The molecule has 76 valence electrons. The van der Waals surface area contributed by atoms with Gasteiger partial charge in [0.1, 0.15) is 5.56 Å². The van der Waals surface area contributed by atoms with Crippen LogP contribution in [-0.4, -0.2) is 10.9 Å². The van der Waals surface area contributed by atoms with Crippen LogP contribution in [0.25, 0.3) is 0 Å². The summed E-state index contributed by atoms with van der Waals surface area (Å²) in [5, 5.41) is 0. The molecule has 3 N–H and O–H groups in total. The first kappa shape index (κ1) is 10.4. The largest absolute Gasteiger partial charge is 0.365 e. The summed E-state index contributed by atoms with van der Waals surface area (Å²) in [7, 11) is 0. The molecule has 0 atom stereocenters. The lowest BCUT2D eigenvalue weighted by Gasteiger charge is -2.04. The van der Waals surface area contributed by atoms with Crippen LogP contribution in [0, 0.1) is 6.92 Å². The zero-order valence-corrected chi connectivity index (χ0v) is 7.30. The van der Waals surface area contributed by atoms with Gasteiger partial charge >= 0.3 is 0 Å². The van der Waals surface area contributed by atoms with E-state index in [4.69, 9.17) is 5.73 Å². The fourth-order valence-corrected chi connectivity index (χ4v) is 1.14. The van der Waals surface area contributed by atoms with Gasteiger partial charge in [0.25, 0.3) is 17.9 Å². The summed E-state index contributed by atoms with van der Waals surface area (Å²) in [5.41, 5.74) is 3.36. The first-order valence-electron chi connectivity index (χ1n) is 3.75. The molecule has 0 fully saturated rings. The van der Waals surface area contributed by atoms with Gasteiger partial charge in [0.2, 0.25) is 0 Å². The Morgan fingerprint density at radius 2 is 2.14 bits per heavy atom. The maximum Gasteiger partial charge on any atom is 0.278 e. The second-order valence-corrected chi connectivity index (χ2v) is 2.78. The number of hydrogen-bond donors (Lipinski definition) is 2. The fraction of sp³-hybridized carbons (Fsp3) is 0.250. The number of hydrogen-bond acceptors (Lipinski definition) is 2. The number of amides is 1. The van der Waals surface area contributed by atoms with Crippen molar-refractivity contribution in [1.82, 2.24) is 4.98 Å². The molecule has 0 saturated heterocycles. The zero-order chi connectivity index (χ0) is 10.9. The van der Waals surface area contributed by atoms with Crippen molar-refractivity contribution in [1.29, 1.82) is 0 Å². The smallest absolute Gasteiger partial charge is 0.278 e. The number of H-pyrrole nitrogens is 1. The Kier molecular flexibility index (Phi) is 2.64. The number of halogens is 2. The summed E-state index contributed by atoms with van der Waals surface area (Å²) in [6, 6.07) is 1.03. The molecule has 1 rings (SSSR count). The molecule has 1 heterocycles. The number of aromatic amines is 1. The number of aryl methyl sites for hydroxylation is 1. The van der Waals surface area contributed by atoms with Gasteiger partial charge in [0, 0.05) is 0 Å². The Morgan fingerprint density at radius 1 is 1.57 bits per heavy atom. The third-order valence-corrected chi connectivity index (χ3v) is 1.73. The summed E-state index contributed by atoms with van der Waals surface area (Å²) in [5.74, 6) is -0.926. The molecule has 4 nitrogen and oxygen atoms in total. The number of primary amides is 1. The van der Waals surface area contributed by atoms with Crippen molar-refractivity contribution < 1.29 is 13.6 Å². The van der Waals surface area contributed by atoms with Crippen molar-refractivity contribution in [2.24, 2.45) is 5.73 Å². The molecule has 0 aliphatic carbocycles. The molecule has 0 aliphatic rings. The van der Waals surface area contributed by atoms with E-state index in [9.17, 15) is 18.4 Å². The van der Waals surface area contributed by atoms with Crippen LogP contribution in [0.15, 0.2) is 10.9 Å². The lowest BCUT2D eigenvalue weighted by atomic mass is 10.1. The summed E-state index contributed by atoms with van der Waals surface area (Å²) < 4.78 is 24.3. The van der Waals surface area contributed by atoms with Gasteiger partial charge in [-0.2, -0.15) is 0 Å². The Hall–Kier alpha value is -1.72. The number of aromatic nitrogens is 1. The molecule has 0 unspecified atom stereocenters. The van der Waals surface area contributed by atoms with Gasteiger partial charge in [-0.1, -0.05) is 0 Å². The Bertz CT molecular complexity index is 426. The van der Waals surface area contributed by atoms with Crippen LogP contribution in [0.3, 0.4) is 0 Å². The van der Waals surface area contributed by atoms with Crippen molar-refractivity contribution in [2.45, 2.75) is 13.3 Å². The van der Waals surface area contributed by atoms with E-state index in [1.54, 1.807) is 0 Å². The Morgan fingerprint density at radius 3 is 2.50 bits per heavy atom. The maximum atomic E-state index is 12.2. The maximum absolute atomic E-state index is 12.2. The number of pyridine rings is 1. The topological polar surface area (TPSA) is 75.9 Å². The number of nitrogens with two attached hydrogens (primary N) is 1. The minimum atomic E-state index is -2.77. The van der Waals surface area contributed by atoms with Gasteiger partial charge in [0.15, 0.2) is 0 Å². The predicted octanol–water partition coefficient (Wildman–Crippen LogP) is 0.720. The third kappa shape index (κ3) is 1.78. The monoisotopic (exact) mass is 202 g/mol. The number of carbonyl (C=O) groups is 1. The van der Waals surface area contributed by atoms with Crippen LogP contribution in [-0.2, 0) is 0 Å². The first-order chi connectivity index (χ1) is 6.43. The van der Waals surface area contributed by atoms with E-state index in [0.29, 0.717) is 0 Å². The van der Waals surface area contributed by atoms with Gasteiger partial charge in [-0.15, -0.1) is 0 Å². The molecule has 1 aromatic heterocycles.